The van der Waals surface area contributed by atoms with Gasteiger partial charge in [-0.25, -0.2) is 12.8 Å². The Kier molecular flexibility index (Phi) is 6.91. The van der Waals surface area contributed by atoms with Crippen LogP contribution >= 0.6 is 15.9 Å². The van der Waals surface area contributed by atoms with Gasteiger partial charge in [0.05, 0.1) is 11.4 Å². The Morgan fingerprint density at radius 1 is 1.30 bits per heavy atom. The van der Waals surface area contributed by atoms with Gasteiger partial charge in [0.1, 0.15) is 5.82 Å². The smallest absolute Gasteiger partial charge is 0.232 e. The number of rotatable bonds is 8. The third kappa shape index (κ3) is 6.67. The van der Waals surface area contributed by atoms with Gasteiger partial charge >= 0.3 is 0 Å². The molecular formula is C13H20BrFN2O2S. The van der Waals surface area contributed by atoms with E-state index in [2.05, 4.69) is 26.0 Å². The second-order valence-corrected chi connectivity index (χ2v) is 7.56. The molecule has 0 bridgehead atoms. The van der Waals surface area contributed by atoms with Crippen molar-refractivity contribution < 1.29 is 12.8 Å². The largest absolute Gasteiger partial charge is 0.315 e. The number of hydrogen-bond acceptors (Lipinski definition) is 3. The lowest BCUT2D eigenvalue weighted by Gasteiger charge is -2.10. The van der Waals surface area contributed by atoms with Crippen LogP contribution in [0.2, 0.25) is 0 Å². The molecule has 2 N–H and O–H groups in total. The first kappa shape index (κ1) is 17.4. The lowest BCUT2D eigenvalue weighted by Crippen LogP contribution is -2.24. The Labute approximate surface area is 128 Å². The highest BCUT2D eigenvalue weighted by atomic mass is 79.9. The molecule has 1 aromatic rings. The molecule has 4 nitrogen and oxygen atoms in total. The lowest BCUT2D eigenvalue weighted by molar-refractivity contribution is 0.561. The molecular weight excluding hydrogens is 347 g/mol. The molecule has 20 heavy (non-hydrogen) atoms. The van der Waals surface area contributed by atoms with Crippen LogP contribution in [0.3, 0.4) is 0 Å². The summed E-state index contributed by atoms with van der Waals surface area (Å²) >= 11 is 3.13. The SMILES string of the molecule is CC(C)NCCCCS(=O)(=O)Nc1ccc(F)cc1Br. The summed E-state index contributed by atoms with van der Waals surface area (Å²) in [6.45, 7) is 4.89. The number of unbranched alkanes of at least 4 members (excludes halogenated alkanes) is 1. The van der Waals surface area contributed by atoms with Crippen molar-refractivity contribution in [1.29, 1.82) is 0 Å². The fourth-order valence-electron chi connectivity index (χ4n) is 1.60. The highest BCUT2D eigenvalue weighted by molar-refractivity contribution is 9.10. The van der Waals surface area contributed by atoms with Gasteiger partial charge in [0.25, 0.3) is 0 Å². The molecule has 0 radical (unpaired) electrons. The highest BCUT2D eigenvalue weighted by Gasteiger charge is 2.12. The zero-order valence-corrected chi connectivity index (χ0v) is 14.0. The molecule has 7 heteroatoms. The molecule has 0 aromatic heterocycles. The summed E-state index contributed by atoms with van der Waals surface area (Å²) in [5, 5.41) is 3.23. The number of nitrogens with one attached hydrogen (secondary N) is 2. The van der Waals surface area contributed by atoms with Gasteiger partial charge in [-0.3, -0.25) is 4.72 Å². The summed E-state index contributed by atoms with van der Waals surface area (Å²) in [5.74, 6) is -0.365. The first-order chi connectivity index (χ1) is 9.30. The molecule has 1 aromatic carbocycles. The van der Waals surface area contributed by atoms with Crippen LogP contribution in [0.15, 0.2) is 22.7 Å². The molecule has 0 saturated heterocycles. The summed E-state index contributed by atoms with van der Waals surface area (Å²) in [4.78, 5) is 0. The number of halogens is 2. The molecule has 1 rings (SSSR count). The van der Waals surface area contributed by atoms with E-state index in [-0.39, 0.29) is 5.75 Å². The average molecular weight is 367 g/mol. The normalized spacial score (nSPS) is 11.8. The first-order valence-electron chi connectivity index (χ1n) is 6.49. The van der Waals surface area contributed by atoms with Gasteiger partial charge in [-0.05, 0) is 53.5 Å². The van der Waals surface area contributed by atoms with E-state index in [1.807, 2.05) is 13.8 Å². The molecule has 0 heterocycles. The van der Waals surface area contributed by atoms with Gasteiger partial charge in [0.15, 0.2) is 0 Å². The molecule has 0 aliphatic rings. The predicted molar refractivity (Wildman–Crippen MR) is 83.9 cm³/mol. The molecule has 0 unspecified atom stereocenters. The fourth-order valence-corrected chi connectivity index (χ4v) is 3.38. The van der Waals surface area contributed by atoms with Crippen molar-refractivity contribution in [1.82, 2.24) is 5.32 Å². The van der Waals surface area contributed by atoms with Crippen LogP contribution in [-0.2, 0) is 10.0 Å². The van der Waals surface area contributed by atoms with E-state index in [1.165, 1.54) is 18.2 Å². The van der Waals surface area contributed by atoms with Crippen molar-refractivity contribution in [2.75, 3.05) is 17.0 Å². The minimum atomic E-state index is -3.40. The van der Waals surface area contributed by atoms with E-state index in [4.69, 9.17) is 0 Å². The maximum Gasteiger partial charge on any atom is 0.232 e. The summed E-state index contributed by atoms with van der Waals surface area (Å²) in [5.41, 5.74) is 0.353. The molecule has 0 saturated carbocycles. The third-order valence-corrected chi connectivity index (χ3v) is 4.60. The van der Waals surface area contributed by atoms with Crippen molar-refractivity contribution in [3.05, 3.63) is 28.5 Å². The van der Waals surface area contributed by atoms with Gasteiger partial charge in [0, 0.05) is 10.5 Å². The van der Waals surface area contributed by atoms with Gasteiger partial charge < -0.3 is 5.32 Å². The second-order valence-electron chi connectivity index (χ2n) is 4.86. The van der Waals surface area contributed by atoms with Crippen LogP contribution in [0.1, 0.15) is 26.7 Å². The van der Waals surface area contributed by atoms with Gasteiger partial charge in [-0.15, -0.1) is 0 Å². The second kappa shape index (κ2) is 7.95. The van der Waals surface area contributed by atoms with Crippen molar-refractivity contribution in [2.45, 2.75) is 32.7 Å². The van der Waals surface area contributed by atoms with Crippen molar-refractivity contribution in [3.8, 4) is 0 Å². The van der Waals surface area contributed by atoms with E-state index in [9.17, 15) is 12.8 Å². The molecule has 0 fully saturated rings. The average Bonchev–Trinajstić information content (AvgIpc) is 2.32. The van der Waals surface area contributed by atoms with E-state index < -0.39 is 15.8 Å². The van der Waals surface area contributed by atoms with Gasteiger partial charge in [-0.1, -0.05) is 13.8 Å². The fraction of sp³-hybridized carbons (Fsp3) is 0.538. The lowest BCUT2D eigenvalue weighted by atomic mass is 10.3. The summed E-state index contributed by atoms with van der Waals surface area (Å²) in [6.07, 6.45) is 1.37. The monoisotopic (exact) mass is 366 g/mol. The topological polar surface area (TPSA) is 58.2 Å². The summed E-state index contributed by atoms with van der Waals surface area (Å²) in [7, 11) is -3.40. The van der Waals surface area contributed by atoms with E-state index >= 15 is 0 Å². The minimum Gasteiger partial charge on any atom is -0.315 e. The van der Waals surface area contributed by atoms with Crippen LogP contribution < -0.4 is 10.0 Å². The zero-order chi connectivity index (χ0) is 15.2. The number of benzene rings is 1. The van der Waals surface area contributed by atoms with E-state index in [0.717, 1.165) is 13.0 Å². The molecule has 0 spiro atoms. The molecule has 0 aliphatic carbocycles. The highest BCUT2D eigenvalue weighted by Crippen LogP contribution is 2.24. The maximum atomic E-state index is 12.9. The summed E-state index contributed by atoms with van der Waals surface area (Å²) < 4.78 is 39.5. The Hall–Kier alpha value is -0.660. The minimum absolute atomic E-state index is 0.0522. The number of hydrogen-bond donors (Lipinski definition) is 2. The zero-order valence-electron chi connectivity index (χ0n) is 11.6. The number of anilines is 1. The van der Waals surface area contributed by atoms with Crippen LogP contribution in [-0.4, -0.2) is 26.8 Å². The van der Waals surface area contributed by atoms with Gasteiger partial charge in [-0.2, -0.15) is 0 Å². The van der Waals surface area contributed by atoms with Crippen molar-refractivity contribution in [3.63, 3.8) is 0 Å². The third-order valence-electron chi connectivity index (χ3n) is 2.59. The van der Waals surface area contributed by atoms with Gasteiger partial charge in [0.2, 0.25) is 10.0 Å². The molecule has 114 valence electrons. The van der Waals surface area contributed by atoms with E-state index in [0.29, 0.717) is 22.6 Å². The Morgan fingerprint density at radius 3 is 2.60 bits per heavy atom. The maximum absolute atomic E-state index is 12.9. The quantitative estimate of drug-likeness (QED) is 0.695. The Bertz CT molecular complexity index is 535. The van der Waals surface area contributed by atoms with Crippen LogP contribution in [0.4, 0.5) is 10.1 Å². The van der Waals surface area contributed by atoms with Crippen molar-refractivity contribution >= 4 is 31.6 Å². The standard InChI is InChI=1S/C13H20BrFN2O2S/c1-10(2)16-7-3-4-8-20(18,19)17-13-6-5-11(15)9-12(13)14/h5-6,9-10,16-17H,3-4,7-8H2,1-2H3. The molecule has 0 atom stereocenters. The van der Waals surface area contributed by atoms with Crippen molar-refractivity contribution in [2.24, 2.45) is 0 Å². The molecule has 0 amide bonds. The predicted octanol–water partition coefficient (Wildman–Crippen LogP) is 3.11. The molecule has 0 aliphatic heterocycles. The number of sulfonamides is 1. The van der Waals surface area contributed by atoms with E-state index in [1.54, 1.807) is 0 Å². The summed E-state index contributed by atoms with van der Waals surface area (Å²) in [6, 6.07) is 4.25. The first-order valence-corrected chi connectivity index (χ1v) is 8.93. The van der Waals surface area contributed by atoms with Crippen LogP contribution in [0.25, 0.3) is 0 Å². The van der Waals surface area contributed by atoms with Crippen LogP contribution in [0.5, 0.6) is 0 Å². The Balaban J connectivity index is 2.45. The Morgan fingerprint density at radius 2 is 2.00 bits per heavy atom. The van der Waals surface area contributed by atoms with Crippen LogP contribution in [0, 0.1) is 5.82 Å².